The van der Waals surface area contributed by atoms with Gasteiger partial charge in [-0.05, 0) is 31.0 Å². The summed E-state index contributed by atoms with van der Waals surface area (Å²) >= 11 is 0. The second-order valence-corrected chi connectivity index (χ2v) is 6.17. The van der Waals surface area contributed by atoms with E-state index in [1.165, 1.54) is 0 Å². The maximum absolute atomic E-state index is 13.6. The highest BCUT2D eigenvalue weighted by Gasteiger charge is 2.23. The highest BCUT2D eigenvalue weighted by atomic mass is 32.2. The molecule has 1 aromatic carbocycles. The number of carbonyl (C=O) groups is 1. The Morgan fingerprint density at radius 2 is 2.25 bits per heavy atom. The molecule has 0 saturated carbocycles. The van der Waals surface area contributed by atoms with Crippen molar-refractivity contribution >= 4 is 16.0 Å². The van der Waals surface area contributed by atoms with Gasteiger partial charge in [0.1, 0.15) is 10.7 Å². The molecule has 1 fully saturated rings. The van der Waals surface area contributed by atoms with Gasteiger partial charge < -0.3 is 9.84 Å². The number of halogens is 1. The van der Waals surface area contributed by atoms with E-state index in [0.717, 1.165) is 31.0 Å². The van der Waals surface area contributed by atoms with Crippen molar-refractivity contribution in [3.05, 3.63) is 29.6 Å². The lowest BCUT2D eigenvalue weighted by Gasteiger charge is -2.12. The molecule has 1 aliphatic rings. The lowest BCUT2D eigenvalue weighted by atomic mass is 10.2. The Hall–Kier alpha value is -1.51. The highest BCUT2D eigenvalue weighted by molar-refractivity contribution is 7.89. The van der Waals surface area contributed by atoms with Crippen LogP contribution in [0.1, 0.15) is 23.2 Å². The maximum Gasteiger partial charge on any atom is 0.335 e. The zero-order valence-electron chi connectivity index (χ0n) is 10.5. The van der Waals surface area contributed by atoms with Crippen molar-refractivity contribution < 1.29 is 27.4 Å². The molecule has 0 aromatic heterocycles. The number of sulfonamides is 1. The molecule has 1 saturated heterocycles. The van der Waals surface area contributed by atoms with Crippen LogP contribution in [-0.4, -0.2) is 38.7 Å². The van der Waals surface area contributed by atoms with E-state index in [9.17, 15) is 17.6 Å². The van der Waals surface area contributed by atoms with Crippen LogP contribution in [0.4, 0.5) is 4.39 Å². The SMILES string of the molecule is O=C(O)c1ccc(F)c(S(=O)(=O)NCC2CCCO2)c1. The number of carboxylic acids is 1. The molecule has 2 rings (SSSR count). The maximum atomic E-state index is 13.6. The zero-order valence-corrected chi connectivity index (χ0v) is 11.3. The van der Waals surface area contributed by atoms with Gasteiger partial charge in [-0.3, -0.25) is 0 Å². The standard InChI is InChI=1S/C12H14FNO5S/c13-10-4-3-8(12(15)16)6-11(10)20(17,18)14-7-9-2-1-5-19-9/h3-4,6,9,14H,1-2,5,7H2,(H,15,16). The van der Waals surface area contributed by atoms with Gasteiger partial charge in [0.05, 0.1) is 11.7 Å². The van der Waals surface area contributed by atoms with Crippen LogP contribution < -0.4 is 4.72 Å². The molecule has 1 heterocycles. The lowest BCUT2D eigenvalue weighted by Crippen LogP contribution is -2.32. The van der Waals surface area contributed by atoms with Gasteiger partial charge >= 0.3 is 5.97 Å². The molecule has 0 aliphatic carbocycles. The van der Waals surface area contributed by atoms with Gasteiger partial charge in [0.2, 0.25) is 10.0 Å². The predicted molar refractivity (Wildman–Crippen MR) is 67.5 cm³/mol. The molecule has 1 unspecified atom stereocenters. The van der Waals surface area contributed by atoms with Crippen LogP contribution in [0.2, 0.25) is 0 Å². The van der Waals surface area contributed by atoms with Gasteiger partial charge in [-0.25, -0.2) is 22.3 Å². The van der Waals surface area contributed by atoms with Crippen LogP contribution in [0.5, 0.6) is 0 Å². The summed E-state index contributed by atoms with van der Waals surface area (Å²) in [5.41, 5.74) is -0.288. The highest BCUT2D eigenvalue weighted by Crippen LogP contribution is 2.17. The van der Waals surface area contributed by atoms with E-state index in [4.69, 9.17) is 9.84 Å². The first-order chi connectivity index (χ1) is 9.40. The van der Waals surface area contributed by atoms with Gasteiger partial charge in [0, 0.05) is 13.2 Å². The molecule has 0 spiro atoms. The fourth-order valence-corrected chi connectivity index (χ4v) is 3.10. The summed E-state index contributed by atoms with van der Waals surface area (Å²) in [6.07, 6.45) is 1.37. The Labute approximate surface area is 115 Å². The lowest BCUT2D eigenvalue weighted by molar-refractivity contribution is 0.0696. The smallest absolute Gasteiger partial charge is 0.335 e. The summed E-state index contributed by atoms with van der Waals surface area (Å²) in [6.45, 7) is 0.619. The Kier molecular flexibility index (Phi) is 4.36. The van der Waals surface area contributed by atoms with Crippen molar-refractivity contribution in [3.63, 3.8) is 0 Å². The number of hydrogen-bond donors (Lipinski definition) is 2. The average Bonchev–Trinajstić information content (AvgIpc) is 2.89. The molecule has 1 atom stereocenters. The molecule has 20 heavy (non-hydrogen) atoms. The van der Waals surface area contributed by atoms with Crippen LogP contribution in [0, 0.1) is 5.82 Å². The van der Waals surface area contributed by atoms with Crippen LogP contribution in [-0.2, 0) is 14.8 Å². The fraction of sp³-hybridized carbons (Fsp3) is 0.417. The first-order valence-electron chi connectivity index (χ1n) is 6.04. The van der Waals surface area contributed by atoms with Crippen molar-refractivity contribution in [1.82, 2.24) is 4.72 Å². The number of ether oxygens (including phenoxy) is 1. The van der Waals surface area contributed by atoms with E-state index in [0.29, 0.717) is 6.61 Å². The molecular formula is C12H14FNO5S. The number of hydrogen-bond acceptors (Lipinski definition) is 4. The van der Waals surface area contributed by atoms with E-state index in [1.54, 1.807) is 0 Å². The van der Waals surface area contributed by atoms with Crippen molar-refractivity contribution in [2.45, 2.75) is 23.8 Å². The third-order valence-electron chi connectivity index (χ3n) is 2.99. The van der Waals surface area contributed by atoms with Crippen LogP contribution in [0.25, 0.3) is 0 Å². The molecule has 110 valence electrons. The number of nitrogens with one attached hydrogen (secondary N) is 1. The summed E-state index contributed by atoms with van der Waals surface area (Å²) < 4.78 is 45.1. The molecule has 0 radical (unpaired) electrons. The quantitative estimate of drug-likeness (QED) is 0.846. The van der Waals surface area contributed by atoms with Crippen molar-refractivity contribution in [1.29, 1.82) is 0 Å². The zero-order chi connectivity index (χ0) is 14.8. The minimum Gasteiger partial charge on any atom is -0.478 e. The molecule has 1 aliphatic heterocycles. The first kappa shape index (κ1) is 14.9. The number of carboxylic acid groups (broad SMARTS) is 1. The van der Waals surface area contributed by atoms with E-state index in [1.807, 2.05) is 0 Å². The number of rotatable bonds is 5. The molecule has 2 N–H and O–H groups in total. The van der Waals surface area contributed by atoms with Gasteiger partial charge in [-0.15, -0.1) is 0 Å². The molecular weight excluding hydrogens is 289 g/mol. The monoisotopic (exact) mass is 303 g/mol. The van der Waals surface area contributed by atoms with E-state index >= 15 is 0 Å². The first-order valence-corrected chi connectivity index (χ1v) is 7.52. The summed E-state index contributed by atoms with van der Waals surface area (Å²) in [4.78, 5) is 10.1. The van der Waals surface area contributed by atoms with E-state index in [2.05, 4.69) is 4.72 Å². The second kappa shape index (κ2) is 5.86. The van der Waals surface area contributed by atoms with Crippen molar-refractivity contribution in [2.24, 2.45) is 0 Å². The summed E-state index contributed by atoms with van der Waals surface area (Å²) in [7, 11) is -4.10. The Morgan fingerprint density at radius 3 is 2.85 bits per heavy atom. The summed E-state index contributed by atoms with van der Waals surface area (Å²) in [5.74, 6) is -2.31. The number of aromatic carboxylic acids is 1. The molecule has 0 amide bonds. The normalized spacial score (nSPS) is 19.1. The van der Waals surface area contributed by atoms with Gasteiger partial charge in [-0.2, -0.15) is 0 Å². The second-order valence-electron chi connectivity index (χ2n) is 4.44. The summed E-state index contributed by atoms with van der Waals surface area (Å²) in [5, 5.41) is 8.81. The Morgan fingerprint density at radius 1 is 1.50 bits per heavy atom. The largest absolute Gasteiger partial charge is 0.478 e. The Bertz CT molecular complexity index is 610. The van der Waals surface area contributed by atoms with E-state index in [-0.39, 0.29) is 18.2 Å². The third kappa shape index (κ3) is 3.33. The van der Waals surface area contributed by atoms with Crippen molar-refractivity contribution in [2.75, 3.05) is 13.2 Å². The van der Waals surface area contributed by atoms with E-state index < -0.39 is 26.7 Å². The molecule has 1 aromatic rings. The average molecular weight is 303 g/mol. The minimum atomic E-state index is -4.10. The topological polar surface area (TPSA) is 92.7 Å². The van der Waals surface area contributed by atoms with Gasteiger partial charge in [-0.1, -0.05) is 0 Å². The number of benzene rings is 1. The Balaban J connectivity index is 2.19. The fourth-order valence-electron chi connectivity index (χ4n) is 1.93. The van der Waals surface area contributed by atoms with Crippen LogP contribution in [0.15, 0.2) is 23.1 Å². The predicted octanol–water partition coefficient (Wildman–Crippen LogP) is 0.981. The minimum absolute atomic E-state index is 0.0407. The van der Waals surface area contributed by atoms with Crippen LogP contribution in [0.3, 0.4) is 0 Å². The third-order valence-corrected chi connectivity index (χ3v) is 4.43. The van der Waals surface area contributed by atoms with Gasteiger partial charge in [0.15, 0.2) is 0 Å². The van der Waals surface area contributed by atoms with Crippen LogP contribution >= 0.6 is 0 Å². The van der Waals surface area contributed by atoms with Crippen molar-refractivity contribution in [3.8, 4) is 0 Å². The molecule has 8 heteroatoms. The molecule has 0 bridgehead atoms. The molecule has 6 nitrogen and oxygen atoms in total. The summed E-state index contributed by atoms with van der Waals surface area (Å²) in [6, 6.07) is 2.64. The van der Waals surface area contributed by atoms with Gasteiger partial charge in [0.25, 0.3) is 0 Å².